The normalized spacial score (nSPS) is 15.1. The van der Waals surface area contributed by atoms with E-state index in [0.717, 1.165) is 0 Å². The molecule has 0 aliphatic carbocycles. The number of hydrogen-bond donors (Lipinski definition) is 3. The summed E-state index contributed by atoms with van der Waals surface area (Å²) in [6.45, 7) is 2.84. The summed E-state index contributed by atoms with van der Waals surface area (Å²) < 4.78 is 13.0. The predicted octanol–water partition coefficient (Wildman–Crippen LogP) is 1.64. The Balaban J connectivity index is -0.00000112. The Morgan fingerprint density at radius 1 is 1.50 bits per heavy atom. The van der Waals surface area contributed by atoms with Crippen LogP contribution in [0.25, 0.3) is 0 Å². The second-order valence-electron chi connectivity index (χ2n) is 3.87. The minimum atomic E-state index is -1.33. The van der Waals surface area contributed by atoms with Gasteiger partial charge < -0.3 is 16.6 Å². The van der Waals surface area contributed by atoms with Crippen molar-refractivity contribution in [3.8, 4) is 0 Å². The van der Waals surface area contributed by atoms with E-state index < -0.39 is 17.3 Å². The number of carboxylic acid groups (broad SMARTS) is 1. The molecular weight excluding hydrogens is 284 g/mol. The van der Waals surface area contributed by atoms with Gasteiger partial charge in [0.1, 0.15) is 11.4 Å². The molecule has 0 unspecified atom stereocenters. The Kier molecular flexibility index (Phi) is 12.5. The molecule has 0 aromatic carbocycles. The summed E-state index contributed by atoms with van der Waals surface area (Å²) in [5, 5.41) is 8.70. The number of carboxylic acids is 1. The molecule has 0 saturated carbocycles. The summed E-state index contributed by atoms with van der Waals surface area (Å²) in [5.41, 5.74) is 9.38. The van der Waals surface area contributed by atoms with E-state index in [4.69, 9.17) is 16.6 Å². The van der Waals surface area contributed by atoms with Crippen LogP contribution < -0.4 is 11.5 Å². The van der Waals surface area contributed by atoms with Crippen LogP contribution in [0.2, 0.25) is 0 Å². The van der Waals surface area contributed by atoms with E-state index in [0.29, 0.717) is 5.84 Å². The molecule has 0 bridgehead atoms. The van der Waals surface area contributed by atoms with E-state index in [-0.39, 0.29) is 44.2 Å². The van der Waals surface area contributed by atoms with E-state index in [2.05, 4.69) is 4.99 Å². The Labute approximate surface area is 118 Å². The minimum absolute atomic E-state index is 0. The molecule has 0 fully saturated rings. The molecule has 8 heteroatoms. The Morgan fingerprint density at radius 3 is 2.39 bits per heavy atom. The number of amidine groups is 1. The van der Waals surface area contributed by atoms with Gasteiger partial charge >= 0.3 is 5.97 Å². The van der Waals surface area contributed by atoms with Gasteiger partial charge in [-0.05, 0) is 26.7 Å². The topological polar surface area (TPSA) is 102 Å². The van der Waals surface area contributed by atoms with Gasteiger partial charge in [0.15, 0.2) is 0 Å². The summed E-state index contributed by atoms with van der Waals surface area (Å²) in [6.07, 6.45) is 1.70. The first-order chi connectivity index (χ1) is 7.25. The van der Waals surface area contributed by atoms with E-state index in [1.807, 2.05) is 0 Å². The predicted molar refractivity (Wildman–Crippen MR) is 75.3 cm³/mol. The van der Waals surface area contributed by atoms with Gasteiger partial charge in [0.2, 0.25) is 0 Å². The Morgan fingerprint density at radius 2 is 2.00 bits per heavy atom. The van der Waals surface area contributed by atoms with Gasteiger partial charge in [0.25, 0.3) is 0 Å². The van der Waals surface area contributed by atoms with Crippen LogP contribution in [0.4, 0.5) is 4.39 Å². The van der Waals surface area contributed by atoms with Crippen LogP contribution in [-0.4, -0.2) is 29.0 Å². The van der Waals surface area contributed by atoms with Crippen molar-refractivity contribution < 1.29 is 14.3 Å². The molecule has 1 atom stereocenters. The van der Waals surface area contributed by atoms with Gasteiger partial charge in [-0.25, -0.2) is 4.39 Å². The third-order valence-electron chi connectivity index (χ3n) is 2.00. The van der Waals surface area contributed by atoms with Crippen LogP contribution >= 0.6 is 24.8 Å². The monoisotopic (exact) mass is 303 g/mol. The van der Waals surface area contributed by atoms with Crippen molar-refractivity contribution in [2.75, 3.05) is 6.54 Å². The molecule has 0 radical (unpaired) electrons. The third kappa shape index (κ3) is 10.3. The maximum absolute atomic E-state index is 13.0. The van der Waals surface area contributed by atoms with Crippen molar-refractivity contribution in [3.05, 3.63) is 11.9 Å². The largest absolute Gasteiger partial charge is 0.480 e. The summed E-state index contributed by atoms with van der Waals surface area (Å²) in [6, 6.07) is 0. The lowest BCUT2D eigenvalue weighted by Gasteiger charge is -2.17. The van der Waals surface area contributed by atoms with Crippen molar-refractivity contribution in [2.45, 2.75) is 32.2 Å². The van der Waals surface area contributed by atoms with Gasteiger partial charge in [-0.2, -0.15) is 0 Å². The second kappa shape index (κ2) is 10.1. The van der Waals surface area contributed by atoms with Gasteiger partial charge in [-0.1, -0.05) is 6.08 Å². The van der Waals surface area contributed by atoms with Crippen molar-refractivity contribution in [3.63, 3.8) is 0 Å². The summed E-state index contributed by atoms with van der Waals surface area (Å²) in [5.74, 6) is -1.24. The molecule has 0 saturated heterocycles. The quantitative estimate of drug-likeness (QED) is 0.513. The SMILES string of the molecule is CC(N)=NC/C(F)=C/CC[C@@](C)(N)C(=O)O.Cl.Cl. The molecule has 0 aliphatic rings. The summed E-state index contributed by atoms with van der Waals surface area (Å²) in [7, 11) is 0. The Hall–Kier alpha value is -0.850. The lowest BCUT2D eigenvalue weighted by molar-refractivity contribution is -0.142. The van der Waals surface area contributed by atoms with E-state index in [1.54, 1.807) is 6.92 Å². The number of nitrogens with zero attached hydrogens (tertiary/aromatic N) is 1. The van der Waals surface area contributed by atoms with Crippen LogP contribution in [0.1, 0.15) is 26.7 Å². The third-order valence-corrected chi connectivity index (χ3v) is 2.00. The molecular formula is C10H20Cl2FN3O2. The molecule has 0 heterocycles. The Bertz CT molecular complexity index is 316. The van der Waals surface area contributed by atoms with Crippen LogP contribution in [0, 0.1) is 0 Å². The number of aliphatic imine (C=N–C) groups is 1. The zero-order valence-electron chi connectivity index (χ0n) is 10.4. The highest BCUT2D eigenvalue weighted by Crippen LogP contribution is 2.11. The fourth-order valence-corrected chi connectivity index (χ4v) is 0.900. The molecule has 5 N–H and O–H groups in total. The van der Waals surface area contributed by atoms with Crippen molar-refractivity contribution >= 4 is 36.6 Å². The zero-order chi connectivity index (χ0) is 12.8. The van der Waals surface area contributed by atoms with Crippen LogP contribution in [-0.2, 0) is 4.79 Å². The first-order valence-corrected chi connectivity index (χ1v) is 4.89. The van der Waals surface area contributed by atoms with Gasteiger partial charge in [0, 0.05) is 0 Å². The molecule has 0 spiro atoms. The number of allylic oxidation sites excluding steroid dienone is 1. The highest BCUT2D eigenvalue weighted by Gasteiger charge is 2.26. The van der Waals surface area contributed by atoms with E-state index in [1.165, 1.54) is 13.0 Å². The molecule has 0 aromatic heterocycles. The fraction of sp³-hybridized carbons (Fsp3) is 0.600. The van der Waals surface area contributed by atoms with Crippen LogP contribution in [0.3, 0.4) is 0 Å². The van der Waals surface area contributed by atoms with Gasteiger partial charge in [0.05, 0.1) is 12.4 Å². The van der Waals surface area contributed by atoms with E-state index >= 15 is 0 Å². The maximum Gasteiger partial charge on any atom is 0.323 e. The van der Waals surface area contributed by atoms with E-state index in [9.17, 15) is 9.18 Å². The highest BCUT2D eigenvalue weighted by molar-refractivity contribution is 5.85. The zero-order valence-corrected chi connectivity index (χ0v) is 12.0. The number of halogens is 3. The first-order valence-electron chi connectivity index (χ1n) is 4.89. The van der Waals surface area contributed by atoms with Gasteiger partial charge in [-0.15, -0.1) is 24.8 Å². The summed E-state index contributed by atoms with van der Waals surface area (Å²) in [4.78, 5) is 14.3. The fourth-order valence-electron chi connectivity index (χ4n) is 0.900. The van der Waals surface area contributed by atoms with Crippen molar-refractivity contribution in [1.82, 2.24) is 0 Å². The number of aliphatic carboxylic acids is 1. The first kappa shape index (κ1) is 22.3. The number of carbonyl (C=O) groups is 1. The average Bonchev–Trinajstić information content (AvgIpc) is 2.14. The lowest BCUT2D eigenvalue weighted by atomic mass is 9.97. The molecule has 0 amide bonds. The van der Waals surface area contributed by atoms with Crippen LogP contribution in [0.5, 0.6) is 0 Å². The lowest BCUT2D eigenvalue weighted by Crippen LogP contribution is -2.44. The molecule has 0 rings (SSSR count). The van der Waals surface area contributed by atoms with Crippen molar-refractivity contribution in [1.29, 1.82) is 0 Å². The molecule has 108 valence electrons. The number of rotatable bonds is 6. The smallest absolute Gasteiger partial charge is 0.323 e. The van der Waals surface area contributed by atoms with Crippen LogP contribution in [0.15, 0.2) is 16.9 Å². The minimum Gasteiger partial charge on any atom is -0.480 e. The highest BCUT2D eigenvalue weighted by atomic mass is 35.5. The molecule has 18 heavy (non-hydrogen) atoms. The molecule has 0 aromatic rings. The average molecular weight is 304 g/mol. The molecule has 5 nitrogen and oxygen atoms in total. The number of hydrogen-bond acceptors (Lipinski definition) is 3. The molecule has 0 aliphatic heterocycles. The van der Waals surface area contributed by atoms with Gasteiger partial charge in [-0.3, -0.25) is 9.79 Å². The number of nitrogens with two attached hydrogens (primary N) is 2. The van der Waals surface area contributed by atoms with Crippen molar-refractivity contribution in [2.24, 2.45) is 16.5 Å². The summed E-state index contributed by atoms with van der Waals surface area (Å²) >= 11 is 0. The standard InChI is InChI=1S/C10H18FN3O2.2ClH/c1-7(12)14-6-8(11)4-3-5-10(2,13)9(15)16;;/h4H,3,5-6,13H2,1-2H3,(H2,12,14)(H,15,16);2*1H/b8-4-;;/t10-;;/m1../s1. The maximum atomic E-state index is 13.0. The second-order valence-corrected chi connectivity index (χ2v) is 3.87.